The maximum absolute atomic E-state index is 12.0. The number of nitrogens with zero attached hydrogens (tertiary/aromatic N) is 1. The van der Waals surface area contributed by atoms with Crippen molar-refractivity contribution in [3.63, 3.8) is 0 Å². The second-order valence-corrected chi connectivity index (χ2v) is 6.14. The third-order valence-corrected chi connectivity index (χ3v) is 3.99. The van der Waals surface area contributed by atoms with E-state index in [2.05, 4.69) is 0 Å². The number of ether oxygens (including phenoxy) is 1. The first-order valence-electron chi connectivity index (χ1n) is 6.51. The maximum atomic E-state index is 12.0. The van der Waals surface area contributed by atoms with E-state index in [1.807, 2.05) is 38.1 Å². The van der Waals surface area contributed by atoms with Gasteiger partial charge < -0.3 is 9.64 Å². The molecule has 0 amide bonds. The Kier molecular flexibility index (Phi) is 4.75. The van der Waals surface area contributed by atoms with Crippen LogP contribution in [0.4, 0.5) is 5.69 Å². The summed E-state index contributed by atoms with van der Waals surface area (Å²) >= 11 is 1.40. The lowest BCUT2D eigenvalue weighted by Gasteiger charge is -2.13. The fraction of sp³-hybridized carbons (Fsp3) is 0.250. The summed E-state index contributed by atoms with van der Waals surface area (Å²) < 4.78 is 5.09. The van der Waals surface area contributed by atoms with Gasteiger partial charge in [0.2, 0.25) is 5.78 Å². The van der Waals surface area contributed by atoms with E-state index >= 15 is 0 Å². The molecular formula is C16H17NO3S. The van der Waals surface area contributed by atoms with Crippen molar-refractivity contribution in [3.8, 4) is 0 Å². The third-order valence-electron chi connectivity index (χ3n) is 2.95. The van der Waals surface area contributed by atoms with Crippen molar-refractivity contribution in [2.24, 2.45) is 0 Å². The van der Waals surface area contributed by atoms with E-state index in [4.69, 9.17) is 4.74 Å². The number of aryl methyl sites for hydroxylation is 1. The number of carbonyl (C=O) groups is 2. The van der Waals surface area contributed by atoms with Gasteiger partial charge >= 0.3 is 5.97 Å². The van der Waals surface area contributed by atoms with Crippen molar-refractivity contribution >= 4 is 28.8 Å². The van der Waals surface area contributed by atoms with Crippen molar-refractivity contribution in [3.05, 3.63) is 51.7 Å². The summed E-state index contributed by atoms with van der Waals surface area (Å²) in [6, 6.07) is 10.7. The molecule has 0 saturated carbocycles. The lowest BCUT2D eigenvalue weighted by molar-refractivity contribution is 0.0476. The van der Waals surface area contributed by atoms with Crippen LogP contribution in [0, 0.1) is 6.92 Å². The van der Waals surface area contributed by atoms with Crippen molar-refractivity contribution in [1.29, 1.82) is 0 Å². The predicted octanol–water partition coefficient (Wildman–Crippen LogP) is 3.16. The van der Waals surface area contributed by atoms with Gasteiger partial charge in [0.05, 0.1) is 10.4 Å². The Bertz CT molecular complexity index is 661. The number of anilines is 1. The first kappa shape index (κ1) is 15.3. The van der Waals surface area contributed by atoms with Crippen LogP contribution in [-0.4, -0.2) is 32.5 Å². The second-order valence-electron chi connectivity index (χ2n) is 4.85. The number of esters is 1. The van der Waals surface area contributed by atoms with Gasteiger partial charge in [-0.15, -0.1) is 11.3 Å². The van der Waals surface area contributed by atoms with Gasteiger partial charge in [-0.2, -0.15) is 0 Å². The molecule has 0 bridgehead atoms. The lowest BCUT2D eigenvalue weighted by Crippen LogP contribution is -2.14. The van der Waals surface area contributed by atoms with Crippen molar-refractivity contribution in [2.75, 3.05) is 25.6 Å². The van der Waals surface area contributed by atoms with Crippen LogP contribution in [-0.2, 0) is 4.74 Å². The third kappa shape index (κ3) is 3.92. The van der Waals surface area contributed by atoms with E-state index in [0.717, 1.165) is 10.6 Å². The molecule has 0 unspecified atom stereocenters. The summed E-state index contributed by atoms with van der Waals surface area (Å²) in [5, 5.41) is 0. The zero-order valence-corrected chi connectivity index (χ0v) is 13.1. The van der Waals surface area contributed by atoms with Gasteiger partial charge in [0.15, 0.2) is 6.61 Å². The molecule has 5 heteroatoms. The summed E-state index contributed by atoms with van der Waals surface area (Å²) in [5.74, 6) is -0.662. The largest absolute Gasteiger partial charge is 0.454 e. The molecule has 110 valence electrons. The molecule has 0 N–H and O–H groups in total. The van der Waals surface area contributed by atoms with Crippen LogP contribution < -0.4 is 4.90 Å². The van der Waals surface area contributed by atoms with E-state index in [0.29, 0.717) is 10.4 Å². The highest BCUT2D eigenvalue weighted by Gasteiger charge is 2.13. The molecule has 21 heavy (non-hydrogen) atoms. The van der Waals surface area contributed by atoms with Crippen LogP contribution in [0.3, 0.4) is 0 Å². The highest BCUT2D eigenvalue weighted by molar-refractivity contribution is 7.14. The second kappa shape index (κ2) is 6.54. The van der Waals surface area contributed by atoms with Crippen molar-refractivity contribution < 1.29 is 14.3 Å². The van der Waals surface area contributed by atoms with Gasteiger partial charge in [-0.3, -0.25) is 4.79 Å². The molecule has 0 saturated heterocycles. The molecule has 0 aliphatic heterocycles. The molecule has 1 aromatic carbocycles. The van der Waals surface area contributed by atoms with Crippen LogP contribution in [0.1, 0.15) is 24.9 Å². The smallest absolute Gasteiger partial charge is 0.338 e. The van der Waals surface area contributed by atoms with Gasteiger partial charge in [0.25, 0.3) is 0 Å². The molecule has 1 heterocycles. The molecule has 0 atom stereocenters. The number of ketones is 1. The molecule has 0 aliphatic rings. The minimum Gasteiger partial charge on any atom is -0.454 e. The van der Waals surface area contributed by atoms with Crippen LogP contribution in [0.25, 0.3) is 0 Å². The molecule has 4 nitrogen and oxygen atoms in total. The summed E-state index contributed by atoms with van der Waals surface area (Å²) in [5.41, 5.74) is 1.35. The number of Topliss-reactive ketones (excluding diaryl/α,β-unsaturated/α-hetero) is 1. The molecule has 0 fully saturated rings. The van der Waals surface area contributed by atoms with E-state index in [9.17, 15) is 9.59 Å². The zero-order valence-electron chi connectivity index (χ0n) is 12.3. The average molecular weight is 303 g/mol. The van der Waals surface area contributed by atoms with Crippen LogP contribution >= 0.6 is 11.3 Å². The fourth-order valence-electron chi connectivity index (χ4n) is 1.78. The maximum Gasteiger partial charge on any atom is 0.338 e. The van der Waals surface area contributed by atoms with E-state index < -0.39 is 5.97 Å². The number of hydrogen-bond donors (Lipinski definition) is 0. The highest BCUT2D eigenvalue weighted by Crippen LogP contribution is 2.17. The Balaban J connectivity index is 1.98. The first-order valence-corrected chi connectivity index (χ1v) is 7.33. The number of hydrogen-bond acceptors (Lipinski definition) is 5. The molecule has 0 aliphatic carbocycles. The van der Waals surface area contributed by atoms with Gasteiger partial charge in [0, 0.05) is 24.7 Å². The predicted molar refractivity (Wildman–Crippen MR) is 84.4 cm³/mol. The van der Waals surface area contributed by atoms with Gasteiger partial charge in [-0.25, -0.2) is 4.79 Å². The van der Waals surface area contributed by atoms with Crippen LogP contribution in [0.5, 0.6) is 0 Å². The Labute approximate surface area is 128 Å². The summed E-state index contributed by atoms with van der Waals surface area (Å²) in [7, 11) is 3.79. The Hall–Kier alpha value is -2.14. The number of carbonyl (C=O) groups excluding carboxylic acids is 2. The molecular weight excluding hydrogens is 286 g/mol. The monoisotopic (exact) mass is 303 g/mol. The summed E-state index contributed by atoms with van der Waals surface area (Å²) in [6.07, 6.45) is 0. The molecule has 2 aromatic rings. The standard InChI is InChI=1S/C16H17NO3S/c1-11-7-8-15(21-11)14(18)10-20-16(19)12-5-4-6-13(9-12)17(2)3/h4-9H,10H2,1-3H3. The molecule has 2 rings (SSSR count). The fourth-order valence-corrected chi connectivity index (χ4v) is 2.57. The van der Waals surface area contributed by atoms with Gasteiger partial charge in [-0.1, -0.05) is 6.07 Å². The quantitative estimate of drug-likeness (QED) is 0.629. The van der Waals surface area contributed by atoms with Gasteiger partial charge in [-0.05, 0) is 37.3 Å². The van der Waals surface area contributed by atoms with E-state index in [-0.39, 0.29) is 12.4 Å². The molecule has 1 aromatic heterocycles. The summed E-state index contributed by atoms with van der Waals surface area (Å²) in [4.78, 5) is 27.4. The average Bonchev–Trinajstić information content (AvgIpc) is 2.91. The Morgan fingerprint density at radius 1 is 1.19 bits per heavy atom. The van der Waals surface area contributed by atoms with Crippen molar-refractivity contribution in [1.82, 2.24) is 0 Å². The van der Waals surface area contributed by atoms with Crippen molar-refractivity contribution in [2.45, 2.75) is 6.92 Å². The minimum absolute atomic E-state index is 0.176. The van der Waals surface area contributed by atoms with E-state index in [1.165, 1.54) is 11.3 Å². The molecule has 0 spiro atoms. The number of rotatable bonds is 5. The summed E-state index contributed by atoms with van der Waals surface area (Å²) in [6.45, 7) is 1.70. The normalized spacial score (nSPS) is 10.2. The number of benzene rings is 1. The minimum atomic E-state index is -0.486. The lowest BCUT2D eigenvalue weighted by atomic mass is 10.2. The zero-order chi connectivity index (χ0) is 15.4. The first-order chi connectivity index (χ1) is 9.97. The number of thiophene rings is 1. The van der Waals surface area contributed by atoms with Gasteiger partial charge in [0.1, 0.15) is 0 Å². The van der Waals surface area contributed by atoms with Crippen LogP contribution in [0.2, 0.25) is 0 Å². The van der Waals surface area contributed by atoms with E-state index in [1.54, 1.807) is 24.3 Å². The van der Waals surface area contributed by atoms with Crippen LogP contribution in [0.15, 0.2) is 36.4 Å². The highest BCUT2D eigenvalue weighted by atomic mass is 32.1. The SMILES string of the molecule is Cc1ccc(C(=O)COC(=O)c2cccc(N(C)C)c2)s1. The topological polar surface area (TPSA) is 46.6 Å². The Morgan fingerprint density at radius 2 is 1.95 bits per heavy atom. The Morgan fingerprint density at radius 3 is 2.57 bits per heavy atom. The molecule has 0 radical (unpaired) electrons.